The van der Waals surface area contributed by atoms with Crippen molar-refractivity contribution in [3.63, 3.8) is 0 Å². The van der Waals surface area contributed by atoms with E-state index in [1.807, 2.05) is 54.6 Å². The summed E-state index contributed by atoms with van der Waals surface area (Å²) < 4.78 is 0. The molecule has 0 aromatic heterocycles. The third-order valence-electron chi connectivity index (χ3n) is 3.17. The molecule has 19 heavy (non-hydrogen) atoms. The number of rotatable bonds is 2. The van der Waals surface area contributed by atoms with Crippen molar-refractivity contribution in [2.45, 2.75) is 0 Å². The van der Waals surface area contributed by atoms with E-state index in [-0.39, 0.29) is 0 Å². The molecule has 3 aromatic carbocycles. The number of nitrogens with two attached hydrogens (primary N) is 1. The Balaban J connectivity index is 2.21. The first-order valence-corrected chi connectivity index (χ1v) is 6.27. The zero-order chi connectivity index (χ0) is 13.1. The van der Waals surface area contributed by atoms with Gasteiger partial charge in [-0.25, -0.2) is 0 Å². The van der Waals surface area contributed by atoms with Crippen molar-refractivity contribution in [1.29, 1.82) is 0 Å². The van der Waals surface area contributed by atoms with Gasteiger partial charge in [-0.05, 0) is 28.8 Å². The normalized spacial score (nSPS) is 10.3. The lowest BCUT2D eigenvalue weighted by molar-refractivity contribution is 1.57. The van der Waals surface area contributed by atoms with Crippen LogP contribution in [0.25, 0.3) is 22.3 Å². The fraction of sp³-hybridized carbons (Fsp3) is 0. The van der Waals surface area contributed by atoms with Crippen LogP contribution in [0.1, 0.15) is 0 Å². The van der Waals surface area contributed by atoms with E-state index < -0.39 is 0 Å². The van der Waals surface area contributed by atoms with Gasteiger partial charge in [-0.15, -0.1) is 0 Å². The molecule has 0 bridgehead atoms. The Morgan fingerprint density at radius 3 is 2.16 bits per heavy atom. The van der Waals surface area contributed by atoms with Crippen LogP contribution >= 0.6 is 0 Å². The molecular formula is C18H14N. The van der Waals surface area contributed by atoms with Gasteiger partial charge < -0.3 is 5.73 Å². The maximum absolute atomic E-state index is 6.08. The number of hydrogen-bond acceptors (Lipinski definition) is 1. The maximum Gasteiger partial charge on any atom is 0.0394 e. The molecule has 3 rings (SSSR count). The Kier molecular flexibility index (Phi) is 3.03. The summed E-state index contributed by atoms with van der Waals surface area (Å²) in [5.41, 5.74) is 11.3. The lowest BCUT2D eigenvalue weighted by Crippen LogP contribution is -1.91. The number of anilines is 1. The Bertz CT molecular complexity index is 687. The average molecular weight is 244 g/mol. The molecule has 1 heteroatoms. The summed E-state index contributed by atoms with van der Waals surface area (Å²) in [7, 11) is 0. The van der Waals surface area contributed by atoms with Crippen molar-refractivity contribution >= 4 is 5.69 Å². The first-order valence-electron chi connectivity index (χ1n) is 6.27. The first-order chi connectivity index (χ1) is 9.36. The van der Waals surface area contributed by atoms with Crippen molar-refractivity contribution in [2.24, 2.45) is 0 Å². The Labute approximate surface area is 113 Å². The summed E-state index contributed by atoms with van der Waals surface area (Å²) in [5.74, 6) is 0. The zero-order valence-electron chi connectivity index (χ0n) is 10.5. The van der Waals surface area contributed by atoms with Gasteiger partial charge in [-0.1, -0.05) is 66.7 Å². The first kappa shape index (κ1) is 11.5. The molecule has 0 fully saturated rings. The van der Waals surface area contributed by atoms with E-state index in [1.165, 1.54) is 5.56 Å². The summed E-state index contributed by atoms with van der Waals surface area (Å²) in [6, 6.07) is 27.6. The van der Waals surface area contributed by atoms with Crippen molar-refractivity contribution in [2.75, 3.05) is 5.73 Å². The fourth-order valence-electron chi connectivity index (χ4n) is 2.24. The van der Waals surface area contributed by atoms with Gasteiger partial charge in [0.05, 0.1) is 0 Å². The summed E-state index contributed by atoms with van der Waals surface area (Å²) in [6.07, 6.45) is 0. The highest BCUT2D eigenvalue weighted by Crippen LogP contribution is 2.34. The smallest absolute Gasteiger partial charge is 0.0394 e. The highest BCUT2D eigenvalue weighted by molar-refractivity contribution is 5.88. The highest BCUT2D eigenvalue weighted by atomic mass is 14.6. The molecule has 0 atom stereocenters. The van der Waals surface area contributed by atoms with Crippen LogP contribution in [-0.2, 0) is 0 Å². The lowest BCUT2D eigenvalue weighted by Gasteiger charge is -2.11. The summed E-state index contributed by atoms with van der Waals surface area (Å²) in [4.78, 5) is 0. The minimum Gasteiger partial charge on any atom is -0.398 e. The average Bonchev–Trinajstić information content (AvgIpc) is 2.49. The summed E-state index contributed by atoms with van der Waals surface area (Å²) >= 11 is 0. The molecule has 1 radical (unpaired) electrons. The van der Waals surface area contributed by atoms with Gasteiger partial charge in [-0.2, -0.15) is 0 Å². The van der Waals surface area contributed by atoms with Crippen LogP contribution in [0.15, 0.2) is 72.8 Å². The van der Waals surface area contributed by atoms with Crippen LogP contribution in [0.3, 0.4) is 0 Å². The lowest BCUT2D eigenvalue weighted by atomic mass is 9.94. The van der Waals surface area contributed by atoms with Crippen molar-refractivity contribution in [3.05, 3.63) is 78.9 Å². The third-order valence-corrected chi connectivity index (χ3v) is 3.17. The number of para-hydroxylation sites is 1. The van der Waals surface area contributed by atoms with Crippen molar-refractivity contribution in [1.82, 2.24) is 0 Å². The van der Waals surface area contributed by atoms with Crippen molar-refractivity contribution in [3.8, 4) is 22.3 Å². The molecule has 0 spiro atoms. The molecule has 0 amide bonds. The molecule has 0 saturated carbocycles. The molecule has 0 saturated heterocycles. The van der Waals surface area contributed by atoms with E-state index in [0.717, 1.165) is 22.4 Å². The van der Waals surface area contributed by atoms with Gasteiger partial charge in [0.15, 0.2) is 0 Å². The Hall–Kier alpha value is -2.54. The topological polar surface area (TPSA) is 26.0 Å². The second-order valence-electron chi connectivity index (χ2n) is 4.41. The molecule has 91 valence electrons. The molecule has 0 unspecified atom stereocenters. The molecule has 0 heterocycles. The Morgan fingerprint density at radius 2 is 1.37 bits per heavy atom. The third kappa shape index (κ3) is 2.23. The minimum absolute atomic E-state index is 0.780. The SMILES string of the molecule is Nc1ccccc1-c1[c]cccc1-c1ccccc1. The second kappa shape index (κ2) is 4.99. The van der Waals surface area contributed by atoms with Gasteiger partial charge in [0.25, 0.3) is 0 Å². The minimum atomic E-state index is 0.780. The summed E-state index contributed by atoms with van der Waals surface area (Å²) in [6.45, 7) is 0. The summed E-state index contributed by atoms with van der Waals surface area (Å²) in [5, 5.41) is 0. The molecule has 2 N–H and O–H groups in total. The number of nitrogen functional groups attached to an aromatic ring is 1. The molecule has 0 aliphatic carbocycles. The second-order valence-corrected chi connectivity index (χ2v) is 4.41. The van der Waals surface area contributed by atoms with Crippen LogP contribution in [0, 0.1) is 6.07 Å². The van der Waals surface area contributed by atoms with E-state index in [2.05, 4.69) is 24.3 Å². The van der Waals surface area contributed by atoms with Gasteiger partial charge in [0.1, 0.15) is 0 Å². The zero-order valence-corrected chi connectivity index (χ0v) is 10.5. The highest BCUT2D eigenvalue weighted by Gasteiger charge is 2.08. The Morgan fingerprint density at radius 1 is 0.684 bits per heavy atom. The fourth-order valence-corrected chi connectivity index (χ4v) is 2.24. The largest absolute Gasteiger partial charge is 0.398 e. The van der Waals surface area contributed by atoms with Crippen LogP contribution in [-0.4, -0.2) is 0 Å². The maximum atomic E-state index is 6.08. The van der Waals surface area contributed by atoms with Crippen LogP contribution in [0.5, 0.6) is 0 Å². The van der Waals surface area contributed by atoms with E-state index in [4.69, 9.17) is 5.73 Å². The standard InChI is InChI=1S/C18H14N/c19-18-13-7-6-12-17(18)16-11-5-4-10-15(16)14-8-2-1-3-9-14/h1-10,12-13H,19H2. The number of hydrogen-bond donors (Lipinski definition) is 1. The monoisotopic (exact) mass is 244 g/mol. The van der Waals surface area contributed by atoms with Crippen LogP contribution in [0.2, 0.25) is 0 Å². The van der Waals surface area contributed by atoms with Gasteiger partial charge in [0, 0.05) is 11.3 Å². The molecule has 1 nitrogen and oxygen atoms in total. The molecular weight excluding hydrogens is 230 g/mol. The van der Waals surface area contributed by atoms with Crippen molar-refractivity contribution < 1.29 is 0 Å². The molecule has 0 aliphatic heterocycles. The molecule has 0 aliphatic rings. The quantitative estimate of drug-likeness (QED) is 0.664. The van der Waals surface area contributed by atoms with E-state index in [0.29, 0.717) is 0 Å². The van der Waals surface area contributed by atoms with Gasteiger partial charge in [-0.3, -0.25) is 0 Å². The van der Waals surface area contributed by atoms with E-state index in [9.17, 15) is 0 Å². The predicted molar refractivity (Wildman–Crippen MR) is 80.6 cm³/mol. The van der Waals surface area contributed by atoms with E-state index in [1.54, 1.807) is 0 Å². The van der Waals surface area contributed by atoms with E-state index >= 15 is 0 Å². The number of benzene rings is 3. The van der Waals surface area contributed by atoms with Gasteiger partial charge in [0.2, 0.25) is 0 Å². The van der Waals surface area contributed by atoms with Crippen LogP contribution < -0.4 is 5.73 Å². The van der Waals surface area contributed by atoms with Gasteiger partial charge >= 0.3 is 0 Å². The predicted octanol–water partition coefficient (Wildman–Crippen LogP) is 4.40. The van der Waals surface area contributed by atoms with Crippen LogP contribution in [0.4, 0.5) is 5.69 Å². The molecule has 3 aromatic rings.